The van der Waals surface area contributed by atoms with Crippen LogP contribution in [0, 0.1) is 15.5 Å². The Balaban J connectivity index is 2.75. The molecule has 0 aliphatic heterocycles. The van der Waals surface area contributed by atoms with Gasteiger partial charge in [0.25, 0.3) is 5.91 Å². The van der Waals surface area contributed by atoms with E-state index in [1.165, 1.54) is 11.4 Å². The van der Waals surface area contributed by atoms with Crippen molar-refractivity contribution in [2.24, 2.45) is 5.41 Å². The van der Waals surface area contributed by atoms with Crippen LogP contribution in [0.1, 0.15) is 37.0 Å². The third kappa shape index (κ3) is 3.32. The molecule has 0 aromatic carbocycles. The van der Waals surface area contributed by atoms with Crippen molar-refractivity contribution in [2.75, 3.05) is 6.54 Å². The molecule has 8 heteroatoms. The van der Waals surface area contributed by atoms with Gasteiger partial charge in [-0.15, -0.1) is 0 Å². The van der Waals surface area contributed by atoms with Gasteiger partial charge in [-0.3, -0.25) is 19.7 Å². The van der Waals surface area contributed by atoms with E-state index < -0.39 is 22.2 Å². The molecule has 7 nitrogen and oxygen atoms in total. The summed E-state index contributed by atoms with van der Waals surface area (Å²) in [6, 6.07) is 1.18. The predicted octanol–water partition coefficient (Wildman–Crippen LogP) is 2.28. The van der Waals surface area contributed by atoms with Crippen LogP contribution in [0.15, 0.2) is 11.4 Å². The van der Waals surface area contributed by atoms with Crippen molar-refractivity contribution in [3.8, 4) is 0 Å². The van der Waals surface area contributed by atoms with E-state index in [1.54, 1.807) is 13.8 Å². The highest BCUT2D eigenvalue weighted by Gasteiger charge is 2.35. The second-order valence-corrected chi connectivity index (χ2v) is 5.30. The summed E-state index contributed by atoms with van der Waals surface area (Å²) < 4.78 is 0. The average Bonchev–Trinajstić information content (AvgIpc) is 2.89. The summed E-state index contributed by atoms with van der Waals surface area (Å²) >= 11 is 0.861. The van der Waals surface area contributed by atoms with E-state index in [4.69, 9.17) is 0 Å². The summed E-state index contributed by atoms with van der Waals surface area (Å²) in [7, 11) is 0. The second-order valence-electron chi connectivity index (χ2n) is 4.41. The van der Waals surface area contributed by atoms with Crippen LogP contribution in [0.2, 0.25) is 0 Å². The Hall–Kier alpha value is -1.96. The summed E-state index contributed by atoms with van der Waals surface area (Å²) in [5, 5.41) is 23.6. The summed E-state index contributed by atoms with van der Waals surface area (Å²) in [4.78, 5) is 33.1. The standard InChI is InChI=1S/C12H16N2O5S/c1-3-12(4-2,11(16)17)7-13-10(15)8-5-9(14(18)19)20-6-8/h5-6H,3-4,7H2,1-2H3,(H,13,15)(H,16,17). The molecule has 1 aromatic rings. The van der Waals surface area contributed by atoms with Crippen LogP contribution >= 0.6 is 11.3 Å². The number of carboxylic acid groups (broad SMARTS) is 1. The molecule has 0 fully saturated rings. The number of thiophene rings is 1. The number of nitrogens with zero attached hydrogens (tertiary/aromatic N) is 1. The van der Waals surface area contributed by atoms with Crippen LogP contribution in [-0.4, -0.2) is 28.5 Å². The Morgan fingerprint density at radius 2 is 2.05 bits per heavy atom. The van der Waals surface area contributed by atoms with Gasteiger partial charge >= 0.3 is 11.0 Å². The molecule has 1 amide bonds. The molecule has 0 aliphatic rings. The topological polar surface area (TPSA) is 110 Å². The van der Waals surface area contributed by atoms with Gasteiger partial charge in [-0.25, -0.2) is 0 Å². The fraction of sp³-hybridized carbons (Fsp3) is 0.500. The quantitative estimate of drug-likeness (QED) is 0.593. The average molecular weight is 300 g/mol. The minimum atomic E-state index is -1.00. The van der Waals surface area contributed by atoms with Gasteiger partial charge in [0.2, 0.25) is 0 Å². The van der Waals surface area contributed by atoms with E-state index in [-0.39, 0.29) is 17.1 Å². The van der Waals surface area contributed by atoms with Crippen LogP contribution < -0.4 is 5.32 Å². The highest BCUT2D eigenvalue weighted by Crippen LogP contribution is 2.26. The first-order valence-corrected chi connectivity index (χ1v) is 6.98. The van der Waals surface area contributed by atoms with Crippen LogP contribution in [0.4, 0.5) is 5.00 Å². The normalized spacial score (nSPS) is 11.1. The van der Waals surface area contributed by atoms with Gasteiger partial charge in [-0.1, -0.05) is 25.2 Å². The summed E-state index contributed by atoms with van der Waals surface area (Å²) in [6.45, 7) is 3.50. The second kappa shape index (κ2) is 6.47. The van der Waals surface area contributed by atoms with Gasteiger partial charge in [0.05, 0.1) is 15.9 Å². The fourth-order valence-electron chi connectivity index (χ4n) is 1.77. The van der Waals surface area contributed by atoms with Gasteiger partial charge in [0.15, 0.2) is 0 Å². The number of carbonyl (C=O) groups excluding carboxylic acids is 1. The molecule has 2 N–H and O–H groups in total. The maximum absolute atomic E-state index is 11.9. The first kappa shape index (κ1) is 16.1. The van der Waals surface area contributed by atoms with Crippen molar-refractivity contribution < 1.29 is 19.6 Å². The Morgan fingerprint density at radius 3 is 2.45 bits per heavy atom. The minimum absolute atomic E-state index is 0.00217. The maximum atomic E-state index is 11.9. The lowest BCUT2D eigenvalue weighted by Crippen LogP contribution is -2.42. The Bertz CT molecular complexity index is 522. The molecule has 110 valence electrons. The zero-order chi connectivity index (χ0) is 15.3. The van der Waals surface area contributed by atoms with Gasteiger partial charge in [-0.05, 0) is 12.8 Å². The van der Waals surface area contributed by atoms with Crippen molar-refractivity contribution >= 4 is 28.2 Å². The molecule has 1 rings (SSSR count). The SMILES string of the molecule is CCC(CC)(CNC(=O)c1csc([N+](=O)[O-])c1)C(=O)O. The number of hydrogen-bond acceptors (Lipinski definition) is 5. The molecular weight excluding hydrogens is 284 g/mol. The molecule has 0 saturated heterocycles. The van der Waals surface area contributed by atoms with Crippen molar-refractivity contribution in [1.29, 1.82) is 0 Å². The van der Waals surface area contributed by atoms with Crippen LogP contribution in [0.25, 0.3) is 0 Å². The highest BCUT2D eigenvalue weighted by molar-refractivity contribution is 7.13. The molecule has 1 heterocycles. The first-order chi connectivity index (χ1) is 9.36. The molecule has 1 aromatic heterocycles. The predicted molar refractivity (Wildman–Crippen MR) is 74.0 cm³/mol. The summed E-state index contributed by atoms with van der Waals surface area (Å²) in [5.41, 5.74) is -0.828. The van der Waals surface area contributed by atoms with Crippen LogP contribution in [0.3, 0.4) is 0 Å². The minimum Gasteiger partial charge on any atom is -0.481 e. The van der Waals surface area contributed by atoms with Gasteiger partial charge < -0.3 is 10.4 Å². The van der Waals surface area contributed by atoms with Gasteiger partial charge in [0.1, 0.15) is 0 Å². The van der Waals surface area contributed by atoms with Gasteiger partial charge in [0, 0.05) is 18.0 Å². The number of hydrogen-bond donors (Lipinski definition) is 2. The number of nitro groups is 1. The lowest BCUT2D eigenvalue weighted by Gasteiger charge is -2.26. The van der Waals surface area contributed by atoms with E-state index in [2.05, 4.69) is 5.32 Å². The summed E-state index contributed by atoms with van der Waals surface area (Å²) in [6.07, 6.45) is 0.784. The Kier molecular flexibility index (Phi) is 5.20. The van der Waals surface area contributed by atoms with Crippen LogP contribution in [0.5, 0.6) is 0 Å². The zero-order valence-corrected chi connectivity index (χ0v) is 12.0. The van der Waals surface area contributed by atoms with Crippen LogP contribution in [-0.2, 0) is 4.79 Å². The molecular formula is C12H16N2O5S. The van der Waals surface area contributed by atoms with E-state index >= 15 is 0 Å². The number of rotatable bonds is 7. The number of carbonyl (C=O) groups is 2. The molecule has 0 unspecified atom stereocenters. The summed E-state index contributed by atoms with van der Waals surface area (Å²) in [5.74, 6) is -1.46. The third-order valence-corrected chi connectivity index (χ3v) is 4.30. The number of nitrogens with one attached hydrogen (secondary N) is 1. The van der Waals surface area contributed by atoms with Crippen molar-refractivity contribution in [2.45, 2.75) is 26.7 Å². The number of amides is 1. The van der Waals surface area contributed by atoms with Crippen molar-refractivity contribution in [1.82, 2.24) is 5.32 Å². The molecule has 0 bridgehead atoms. The molecule has 20 heavy (non-hydrogen) atoms. The number of carboxylic acids is 1. The zero-order valence-electron chi connectivity index (χ0n) is 11.2. The Labute approximate surface area is 119 Å². The van der Waals surface area contributed by atoms with E-state index in [9.17, 15) is 24.8 Å². The van der Waals surface area contributed by atoms with E-state index in [0.29, 0.717) is 12.8 Å². The monoisotopic (exact) mass is 300 g/mol. The molecule has 0 spiro atoms. The molecule has 0 saturated carbocycles. The fourth-order valence-corrected chi connectivity index (χ4v) is 2.47. The smallest absolute Gasteiger partial charge is 0.324 e. The molecule has 0 radical (unpaired) electrons. The first-order valence-electron chi connectivity index (χ1n) is 6.10. The van der Waals surface area contributed by atoms with Crippen molar-refractivity contribution in [3.63, 3.8) is 0 Å². The van der Waals surface area contributed by atoms with E-state index in [0.717, 1.165) is 11.3 Å². The lowest BCUT2D eigenvalue weighted by atomic mass is 9.82. The lowest BCUT2D eigenvalue weighted by molar-refractivity contribution is -0.380. The highest BCUT2D eigenvalue weighted by atomic mass is 32.1. The maximum Gasteiger partial charge on any atom is 0.324 e. The molecule has 0 aliphatic carbocycles. The number of aliphatic carboxylic acids is 1. The third-order valence-electron chi connectivity index (χ3n) is 3.42. The van der Waals surface area contributed by atoms with Gasteiger partial charge in [-0.2, -0.15) is 0 Å². The van der Waals surface area contributed by atoms with Crippen molar-refractivity contribution in [3.05, 3.63) is 27.1 Å². The Morgan fingerprint density at radius 1 is 1.45 bits per heavy atom. The molecule has 0 atom stereocenters. The van der Waals surface area contributed by atoms with E-state index in [1.807, 2.05) is 0 Å². The largest absolute Gasteiger partial charge is 0.481 e.